The summed E-state index contributed by atoms with van der Waals surface area (Å²) in [5.41, 5.74) is 1.14. The van der Waals surface area contributed by atoms with Gasteiger partial charge in [0.15, 0.2) is 11.5 Å². The molecule has 1 aliphatic rings. The standard InChI is InChI=1S/C13H12BrNO2S/c14-10-4-11(18-7-10)6-15-5-9-2-1-3-12-13(9)17-8-16-12/h1-4,7,15H,5-6,8H2. The van der Waals surface area contributed by atoms with Gasteiger partial charge in [0.2, 0.25) is 6.79 Å². The van der Waals surface area contributed by atoms with Crippen LogP contribution >= 0.6 is 27.3 Å². The molecular formula is C13H12BrNO2S. The number of benzene rings is 1. The summed E-state index contributed by atoms with van der Waals surface area (Å²) >= 11 is 5.20. The Morgan fingerprint density at radius 1 is 1.28 bits per heavy atom. The van der Waals surface area contributed by atoms with Crippen molar-refractivity contribution in [2.45, 2.75) is 13.1 Å². The van der Waals surface area contributed by atoms with E-state index in [0.29, 0.717) is 6.79 Å². The Kier molecular flexibility index (Phi) is 3.54. The third-order valence-electron chi connectivity index (χ3n) is 2.71. The van der Waals surface area contributed by atoms with Crippen LogP contribution < -0.4 is 14.8 Å². The number of nitrogens with one attached hydrogen (secondary N) is 1. The molecular weight excluding hydrogens is 314 g/mol. The van der Waals surface area contributed by atoms with Gasteiger partial charge in [-0.05, 0) is 28.1 Å². The summed E-state index contributed by atoms with van der Waals surface area (Å²) in [7, 11) is 0. The van der Waals surface area contributed by atoms with E-state index in [-0.39, 0.29) is 0 Å². The second kappa shape index (κ2) is 5.30. The van der Waals surface area contributed by atoms with Crippen LogP contribution in [0.15, 0.2) is 34.1 Å². The molecule has 0 amide bonds. The molecule has 1 N–H and O–H groups in total. The Morgan fingerprint density at radius 2 is 2.22 bits per heavy atom. The highest BCUT2D eigenvalue weighted by Gasteiger charge is 2.16. The van der Waals surface area contributed by atoms with Crippen molar-refractivity contribution < 1.29 is 9.47 Å². The average molecular weight is 326 g/mol. The molecule has 1 aromatic carbocycles. The van der Waals surface area contributed by atoms with E-state index in [1.54, 1.807) is 11.3 Å². The van der Waals surface area contributed by atoms with E-state index in [4.69, 9.17) is 9.47 Å². The lowest BCUT2D eigenvalue weighted by Gasteiger charge is -2.06. The first kappa shape index (κ1) is 12.0. The molecule has 0 saturated carbocycles. The minimum Gasteiger partial charge on any atom is -0.454 e. The molecule has 18 heavy (non-hydrogen) atoms. The van der Waals surface area contributed by atoms with Crippen molar-refractivity contribution in [3.63, 3.8) is 0 Å². The van der Waals surface area contributed by atoms with Crippen LogP contribution in [0.2, 0.25) is 0 Å². The van der Waals surface area contributed by atoms with Crippen molar-refractivity contribution in [1.29, 1.82) is 0 Å². The van der Waals surface area contributed by atoms with E-state index < -0.39 is 0 Å². The van der Waals surface area contributed by atoms with Gasteiger partial charge in [0.05, 0.1) is 0 Å². The van der Waals surface area contributed by atoms with Crippen LogP contribution in [-0.4, -0.2) is 6.79 Å². The Bertz CT molecular complexity index is 556. The number of rotatable bonds is 4. The maximum Gasteiger partial charge on any atom is 0.231 e. The van der Waals surface area contributed by atoms with E-state index in [1.807, 2.05) is 12.1 Å². The van der Waals surface area contributed by atoms with Gasteiger partial charge in [0.25, 0.3) is 0 Å². The van der Waals surface area contributed by atoms with Gasteiger partial charge in [-0.1, -0.05) is 12.1 Å². The Labute approximate surface area is 118 Å². The summed E-state index contributed by atoms with van der Waals surface area (Å²) < 4.78 is 12.0. The maximum atomic E-state index is 5.47. The van der Waals surface area contributed by atoms with Gasteiger partial charge >= 0.3 is 0 Å². The van der Waals surface area contributed by atoms with Crippen molar-refractivity contribution in [2.75, 3.05) is 6.79 Å². The fourth-order valence-corrected chi connectivity index (χ4v) is 3.32. The molecule has 94 valence electrons. The normalized spacial score (nSPS) is 12.9. The molecule has 0 bridgehead atoms. The number of hydrogen-bond donors (Lipinski definition) is 1. The summed E-state index contributed by atoms with van der Waals surface area (Å²) in [5.74, 6) is 1.71. The molecule has 0 atom stereocenters. The van der Waals surface area contributed by atoms with Crippen LogP contribution in [0.1, 0.15) is 10.4 Å². The lowest BCUT2D eigenvalue weighted by Crippen LogP contribution is -2.12. The highest BCUT2D eigenvalue weighted by atomic mass is 79.9. The predicted molar refractivity (Wildman–Crippen MR) is 75.1 cm³/mol. The zero-order valence-electron chi connectivity index (χ0n) is 9.61. The number of halogens is 1. The van der Waals surface area contributed by atoms with Crippen LogP contribution in [0.25, 0.3) is 0 Å². The van der Waals surface area contributed by atoms with Crippen molar-refractivity contribution in [3.05, 3.63) is 44.6 Å². The van der Waals surface area contributed by atoms with E-state index in [2.05, 4.69) is 38.8 Å². The van der Waals surface area contributed by atoms with Gasteiger partial charge in [0.1, 0.15) is 0 Å². The zero-order chi connectivity index (χ0) is 12.4. The molecule has 0 aliphatic carbocycles. The molecule has 0 radical (unpaired) electrons. The molecule has 0 fully saturated rings. The lowest BCUT2D eigenvalue weighted by atomic mass is 10.2. The van der Waals surface area contributed by atoms with E-state index in [0.717, 1.165) is 34.6 Å². The van der Waals surface area contributed by atoms with Crippen molar-refractivity contribution in [3.8, 4) is 11.5 Å². The van der Waals surface area contributed by atoms with Gasteiger partial charge in [-0.15, -0.1) is 11.3 Å². The van der Waals surface area contributed by atoms with E-state index >= 15 is 0 Å². The highest BCUT2D eigenvalue weighted by molar-refractivity contribution is 9.10. The predicted octanol–water partition coefficient (Wildman–Crippen LogP) is 3.53. The average Bonchev–Trinajstić information content (AvgIpc) is 2.98. The molecule has 1 aliphatic heterocycles. The van der Waals surface area contributed by atoms with Gasteiger partial charge in [-0.2, -0.15) is 0 Å². The maximum absolute atomic E-state index is 5.47. The summed E-state index contributed by atoms with van der Waals surface area (Å²) in [6, 6.07) is 8.12. The fourth-order valence-electron chi connectivity index (χ4n) is 1.90. The number of hydrogen-bond acceptors (Lipinski definition) is 4. The van der Waals surface area contributed by atoms with Gasteiger partial charge < -0.3 is 14.8 Å². The first-order chi connectivity index (χ1) is 8.83. The molecule has 2 heterocycles. The molecule has 5 heteroatoms. The summed E-state index contributed by atoms with van der Waals surface area (Å²) in [5, 5.41) is 5.51. The summed E-state index contributed by atoms with van der Waals surface area (Å²) in [6.45, 7) is 1.97. The van der Waals surface area contributed by atoms with Crippen LogP contribution in [0.3, 0.4) is 0 Å². The fraction of sp³-hybridized carbons (Fsp3) is 0.231. The zero-order valence-corrected chi connectivity index (χ0v) is 12.0. The summed E-state index contributed by atoms with van der Waals surface area (Å²) in [6.07, 6.45) is 0. The Hall–Kier alpha value is -1.04. The molecule has 0 saturated heterocycles. The van der Waals surface area contributed by atoms with Crippen LogP contribution in [0.4, 0.5) is 0 Å². The third kappa shape index (κ3) is 2.53. The third-order valence-corrected chi connectivity index (χ3v) is 4.41. The molecule has 3 rings (SSSR count). The van der Waals surface area contributed by atoms with Crippen molar-refractivity contribution in [2.24, 2.45) is 0 Å². The molecule has 0 unspecified atom stereocenters. The Morgan fingerprint density at radius 3 is 3.06 bits per heavy atom. The molecule has 0 spiro atoms. The van der Waals surface area contributed by atoms with Crippen molar-refractivity contribution in [1.82, 2.24) is 5.32 Å². The topological polar surface area (TPSA) is 30.5 Å². The highest BCUT2D eigenvalue weighted by Crippen LogP contribution is 2.35. The molecule has 3 nitrogen and oxygen atoms in total. The van der Waals surface area contributed by atoms with Crippen molar-refractivity contribution >= 4 is 27.3 Å². The smallest absolute Gasteiger partial charge is 0.231 e. The number of ether oxygens (including phenoxy) is 2. The second-order valence-electron chi connectivity index (χ2n) is 3.99. The van der Waals surface area contributed by atoms with E-state index in [1.165, 1.54) is 4.88 Å². The van der Waals surface area contributed by atoms with Gasteiger partial charge in [-0.3, -0.25) is 0 Å². The number of fused-ring (bicyclic) bond motifs is 1. The Balaban J connectivity index is 1.62. The largest absolute Gasteiger partial charge is 0.454 e. The van der Waals surface area contributed by atoms with Crippen LogP contribution in [-0.2, 0) is 13.1 Å². The quantitative estimate of drug-likeness (QED) is 0.932. The number of para-hydroxylation sites is 1. The first-order valence-corrected chi connectivity index (χ1v) is 7.31. The second-order valence-corrected chi connectivity index (χ2v) is 5.90. The minimum atomic E-state index is 0.324. The first-order valence-electron chi connectivity index (χ1n) is 5.64. The lowest BCUT2D eigenvalue weighted by molar-refractivity contribution is 0.173. The van der Waals surface area contributed by atoms with Gasteiger partial charge in [-0.25, -0.2) is 0 Å². The molecule has 1 aromatic heterocycles. The minimum absolute atomic E-state index is 0.324. The van der Waals surface area contributed by atoms with Crippen LogP contribution in [0, 0.1) is 0 Å². The SMILES string of the molecule is Brc1csc(CNCc2cccc3c2OCO3)c1. The van der Waals surface area contributed by atoms with Crippen LogP contribution in [0.5, 0.6) is 11.5 Å². The van der Waals surface area contributed by atoms with Gasteiger partial charge in [0, 0.05) is 33.4 Å². The van der Waals surface area contributed by atoms with E-state index in [9.17, 15) is 0 Å². The summed E-state index contributed by atoms with van der Waals surface area (Å²) in [4.78, 5) is 1.31. The number of thiophene rings is 1. The monoisotopic (exact) mass is 325 g/mol. The molecule has 2 aromatic rings.